The molecule has 5 heteroatoms. The minimum Gasteiger partial charge on any atom is -0.456 e. The van der Waals surface area contributed by atoms with E-state index in [1.165, 1.54) is 5.56 Å². The Labute approximate surface area is 297 Å². The van der Waals surface area contributed by atoms with E-state index in [1.807, 2.05) is 48.5 Å². The van der Waals surface area contributed by atoms with Crippen LogP contribution in [-0.2, 0) is 0 Å². The third-order valence-electron chi connectivity index (χ3n) is 10.1. The molecule has 52 heavy (non-hydrogen) atoms. The Morgan fingerprint density at radius 1 is 0.423 bits per heavy atom. The molecule has 0 fully saturated rings. The Hall–Kier alpha value is -7.11. The highest BCUT2D eigenvalue weighted by Gasteiger charge is 2.22. The SMILES string of the molecule is c1ccc(-c2ccc(N(c3ccc4c(c3)oc3cccc(-c5nc6c(ccc7ccccc76)o5)c34)c3cccc4c3oc3ccccc34)cc2)cc1. The molecule has 0 atom stereocenters. The van der Waals surface area contributed by atoms with Crippen LogP contribution in [0.3, 0.4) is 0 Å². The van der Waals surface area contributed by atoms with Gasteiger partial charge in [0.05, 0.1) is 11.4 Å². The Kier molecular flexibility index (Phi) is 6.18. The molecular weight excluding hydrogens is 641 g/mol. The molecule has 0 spiro atoms. The molecule has 0 aliphatic heterocycles. The molecule has 0 saturated carbocycles. The van der Waals surface area contributed by atoms with Crippen molar-refractivity contribution in [2.75, 3.05) is 4.90 Å². The Morgan fingerprint density at radius 2 is 1.15 bits per heavy atom. The van der Waals surface area contributed by atoms with E-state index in [-0.39, 0.29) is 0 Å². The van der Waals surface area contributed by atoms with Crippen molar-refractivity contribution in [2.24, 2.45) is 0 Å². The quantitative estimate of drug-likeness (QED) is 0.183. The minimum atomic E-state index is 0.570. The number of aromatic nitrogens is 1. The fourth-order valence-corrected chi connectivity index (χ4v) is 7.68. The van der Waals surface area contributed by atoms with Crippen LogP contribution in [0.5, 0.6) is 0 Å². The van der Waals surface area contributed by atoms with Crippen LogP contribution in [0, 0.1) is 0 Å². The average Bonchev–Trinajstić information content (AvgIpc) is 3.92. The number of nitrogens with zero attached hydrogens (tertiary/aromatic N) is 2. The molecule has 0 amide bonds. The van der Waals surface area contributed by atoms with Crippen molar-refractivity contribution in [3.05, 3.63) is 170 Å². The van der Waals surface area contributed by atoms with Crippen LogP contribution in [0.1, 0.15) is 0 Å². The molecule has 0 radical (unpaired) electrons. The number of fused-ring (bicyclic) bond motifs is 9. The molecule has 0 aliphatic rings. The van der Waals surface area contributed by atoms with E-state index in [2.05, 4.69) is 126 Å². The summed E-state index contributed by atoms with van der Waals surface area (Å²) in [5.74, 6) is 0.570. The van der Waals surface area contributed by atoms with Gasteiger partial charge in [-0.05, 0) is 71.1 Å². The first-order chi connectivity index (χ1) is 25.8. The fraction of sp³-hybridized carbons (Fsp3) is 0. The van der Waals surface area contributed by atoms with Crippen LogP contribution >= 0.6 is 0 Å². The van der Waals surface area contributed by atoms with Gasteiger partial charge in [-0.15, -0.1) is 0 Å². The van der Waals surface area contributed by atoms with E-state index in [4.69, 9.17) is 18.2 Å². The largest absolute Gasteiger partial charge is 0.456 e. The minimum absolute atomic E-state index is 0.570. The van der Waals surface area contributed by atoms with Gasteiger partial charge in [-0.2, -0.15) is 0 Å². The number of furan rings is 2. The second kappa shape index (κ2) is 11.2. The van der Waals surface area contributed by atoms with Crippen molar-refractivity contribution in [3.8, 4) is 22.6 Å². The maximum atomic E-state index is 6.61. The average molecular weight is 669 g/mol. The highest BCUT2D eigenvalue weighted by molar-refractivity contribution is 6.14. The number of hydrogen-bond acceptors (Lipinski definition) is 5. The summed E-state index contributed by atoms with van der Waals surface area (Å²) < 4.78 is 19.6. The first-order valence-corrected chi connectivity index (χ1v) is 17.4. The third kappa shape index (κ3) is 4.39. The van der Waals surface area contributed by atoms with Crippen molar-refractivity contribution in [1.82, 2.24) is 4.98 Å². The first kappa shape index (κ1) is 28.7. The zero-order valence-corrected chi connectivity index (χ0v) is 27.8. The van der Waals surface area contributed by atoms with E-state index in [9.17, 15) is 0 Å². The molecular formula is C47H28N2O3. The van der Waals surface area contributed by atoms with Crippen LogP contribution in [0.25, 0.3) is 88.3 Å². The Balaban J connectivity index is 1.09. The van der Waals surface area contributed by atoms with Crippen molar-refractivity contribution in [2.45, 2.75) is 0 Å². The van der Waals surface area contributed by atoms with Crippen molar-refractivity contribution >= 4 is 82.8 Å². The molecule has 0 bridgehead atoms. The highest BCUT2D eigenvalue weighted by atomic mass is 16.4. The lowest BCUT2D eigenvalue weighted by Gasteiger charge is -2.25. The molecule has 0 N–H and O–H groups in total. The second-order valence-electron chi connectivity index (χ2n) is 13.1. The summed E-state index contributed by atoms with van der Waals surface area (Å²) in [7, 11) is 0. The lowest BCUT2D eigenvalue weighted by Crippen LogP contribution is -2.10. The summed E-state index contributed by atoms with van der Waals surface area (Å²) in [6.45, 7) is 0. The molecule has 11 aromatic rings. The third-order valence-corrected chi connectivity index (χ3v) is 10.1. The van der Waals surface area contributed by atoms with Crippen LogP contribution in [0.15, 0.2) is 183 Å². The number of oxazole rings is 1. The lowest BCUT2D eigenvalue weighted by molar-refractivity contribution is 0.620. The Bertz CT molecular complexity index is 3130. The predicted octanol–water partition coefficient (Wildman–Crippen LogP) is 13.6. The number of anilines is 3. The van der Waals surface area contributed by atoms with Crippen LogP contribution in [-0.4, -0.2) is 4.98 Å². The smallest absolute Gasteiger partial charge is 0.228 e. The monoisotopic (exact) mass is 668 g/mol. The van der Waals surface area contributed by atoms with E-state index < -0.39 is 0 Å². The Morgan fingerprint density at radius 3 is 2.06 bits per heavy atom. The van der Waals surface area contributed by atoms with Crippen LogP contribution in [0.4, 0.5) is 17.1 Å². The molecule has 3 heterocycles. The lowest BCUT2D eigenvalue weighted by atomic mass is 10.0. The van der Waals surface area contributed by atoms with E-state index in [1.54, 1.807) is 0 Å². The fourth-order valence-electron chi connectivity index (χ4n) is 7.68. The van der Waals surface area contributed by atoms with Gasteiger partial charge < -0.3 is 18.2 Å². The molecule has 0 unspecified atom stereocenters. The van der Waals surface area contributed by atoms with Gasteiger partial charge in [0.1, 0.15) is 22.3 Å². The predicted molar refractivity (Wildman–Crippen MR) is 212 cm³/mol. The van der Waals surface area contributed by atoms with Gasteiger partial charge in [-0.1, -0.05) is 109 Å². The summed E-state index contributed by atoms with van der Waals surface area (Å²) in [4.78, 5) is 7.27. The summed E-state index contributed by atoms with van der Waals surface area (Å²) in [5, 5.41) is 6.32. The van der Waals surface area contributed by atoms with Crippen molar-refractivity contribution < 1.29 is 13.3 Å². The summed E-state index contributed by atoms with van der Waals surface area (Å²) in [6, 6.07) is 58.5. The summed E-state index contributed by atoms with van der Waals surface area (Å²) in [5.41, 5.74) is 10.9. The summed E-state index contributed by atoms with van der Waals surface area (Å²) in [6.07, 6.45) is 0. The van der Waals surface area contributed by atoms with Gasteiger partial charge in [0.15, 0.2) is 11.2 Å². The molecule has 11 rings (SSSR count). The van der Waals surface area contributed by atoms with E-state index >= 15 is 0 Å². The van der Waals surface area contributed by atoms with Gasteiger partial charge in [-0.25, -0.2) is 4.98 Å². The number of rotatable bonds is 5. The zero-order valence-electron chi connectivity index (χ0n) is 27.8. The van der Waals surface area contributed by atoms with Crippen LogP contribution < -0.4 is 4.90 Å². The van der Waals surface area contributed by atoms with Crippen LogP contribution in [0.2, 0.25) is 0 Å². The second-order valence-corrected chi connectivity index (χ2v) is 13.1. The van der Waals surface area contributed by atoms with Gasteiger partial charge in [0, 0.05) is 44.2 Å². The molecule has 3 aromatic heterocycles. The number of benzene rings is 8. The molecule has 8 aromatic carbocycles. The normalized spacial score (nSPS) is 11.8. The standard InChI is InChI=1S/C47H28N2O3/c1-2-10-29(11-3-1)30-20-23-32(24-21-30)49(39-17-8-15-36-35-14-6-7-18-40(35)51-46(36)39)33-25-26-37-43(28-33)50-41-19-9-16-38(44(37)41)47-48-45-34-13-5-4-12-31(34)22-27-42(45)52-47/h1-28H. The zero-order chi connectivity index (χ0) is 34.2. The molecule has 244 valence electrons. The molecule has 5 nitrogen and oxygen atoms in total. The van der Waals surface area contributed by atoms with Gasteiger partial charge in [0.2, 0.25) is 5.89 Å². The molecule has 0 saturated heterocycles. The van der Waals surface area contributed by atoms with Gasteiger partial charge >= 0.3 is 0 Å². The first-order valence-electron chi connectivity index (χ1n) is 17.4. The maximum absolute atomic E-state index is 6.61. The highest BCUT2D eigenvalue weighted by Crippen LogP contribution is 2.45. The molecule has 0 aliphatic carbocycles. The van der Waals surface area contributed by atoms with Gasteiger partial charge in [0.25, 0.3) is 0 Å². The number of hydrogen-bond donors (Lipinski definition) is 0. The van der Waals surface area contributed by atoms with Crippen molar-refractivity contribution in [3.63, 3.8) is 0 Å². The summed E-state index contributed by atoms with van der Waals surface area (Å²) >= 11 is 0. The van der Waals surface area contributed by atoms with E-state index in [0.717, 1.165) is 93.9 Å². The van der Waals surface area contributed by atoms with Gasteiger partial charge in [-0.3, -0.25) is 0 Å². The van der Waals surface area contributed by atoms with E-state index in [0.29, 0.717) is 5.89 Å². The van der Waals surface area contributed by atoms with Crippen molar-refractivity contribution in [1.29, 1.82) is 0 Å². The maximum Gasteiger partial charge on any atom is 0.228 e. The number of para-hydroxylation sites is 2. The topological polar surface area (TPSA) is 55.6 Å².